The molecule has 1 aromatic rings. The van der Waals surface area contributed by atoms with Crippen molar-refractivity contribution in [2.24, 2.45) is 0 Å². The molecule has 2 N–H and O–H groups in total. The average Bonchev–Trinajstić information content (AvgIpc) is 3.07. The number of hydrogen-bond donors (Lipinski definition) is 2. The SMILES string of the molecule is CNC(=O)CCC(C=O)N1C(=O)c2ccc(OCCCCCOCCCCCO)cc2C1=O. The first kappa shape index (κ1) is 26.5. The Morgan fingerprint density at radius 3 is 2.36 bits per heavy atom. The minimum Gasteiger partial charge on any atom is -0.494 e. The standard InChI is InChI=1S/C24H34N2O7/c1-25-22(29)11-8-18(17-28)26-23(30)20-10-9-19(16-21(20)24(26)31)33-15-7-3-6-14-32-13-5-2-4-12-27/h9-10,16-18,27H,2-8,11-15H2,1H3,(H,25,29). The van der Waals surface area contributed by atoms with Crippen molar-refractivity contribution in [1.82, 2.24) is 10.2 Å². The summed E-state index contributed by atoms with van der Waals surface area (Å²) in [6.07, 6.45) is 6.09. The third-order valence-corrected chi connectivity index (χ3v) is 5.47. The lowest BCUT2D eigenvalue weighted by atomic mass is 10.1. The van der Waals surface area contributed by atoms with Gasteiger partial charge in [0.15, 0.2) is 0 Å². The van der Waals surface area contributed by atoms with Crippen LogP contribution in [0.15, 0.2) is 18.2 Å². The molecular weight excluding hydrogens is 428 g/mol. The zero-order chi connectivity index (χ0) is 24.1. The van der Waals surface area contributed by atoms with E-state index in [-0.39, 0.29) is 36.5 Å². The zero-order valence-electron chi connectivity index (χ0n) is 19.2. The molecular formula is C24H34N2O7. The molecule has 33 heavy (non-hydrogen) atoms. The highest BCUT2D eigenvalue weighted by Gasteiger charge is 2.40. The first-order chi connectivity index (χ1) is 16.0. The van der Waals surface area contributed by atoms with Crippen LogP contribution in [-0.4, -0.2) is 73.5 Å². The molecule has 3 amide bonds. The van der Waals surface area contributed by atoms with Gasteiger partial charge in [0, 0.05) is 33.3 Å². The number of nitrogens with zero attached hydrogens (tertiary/aromatic N) is 1. The Morgan fingerprint density at radius 2 is 1.70 bits per heavy atom. The van der Waals surface area contributed by atoms with E-state index in [2.05, 4.69) is 5.32 Å². The van der Waals surface area contributed by atoms with Crippen molar-refractivity contribution >= 4 is 24.0 Å². The van der Waals surface area contributed by atoms with E-state index in [1.807, 2.05) is 0 Å². The van der Waals surface area contributed by atoms with E-state index in [0.29, 0.717) is 31.9 Å². The van der Waals surface area contributed by atoms with Crippen LogP contribution in [0.5, 0.6) is 5.75 Å². The van der Waals surface area contributed by atoms with Crippen LogP contribution in [0.25, 0.3) is 0 Å². The van der Waals surface area contributed by atoms with Gasteiger partial charge in [0.1, 0.15) is 12.0 Å². The molecule has 0 saturated carbocycles. The summed E-state index contributed by atoms with van der Waals surface area (Å²) >= 11 is 0. The Morgan fingerprint density at radius 1 is 1.03 bits per heavy atom. The molecule has 1 aromatic carbocycles. The number of amides is 3. The lowest BCUT2D eigenvalue weighted by Crippen LogP contribution is -2.41. The smallest absolute Gasteiger partial charge is 0.262 e. The average molecular weight is 463 g/mol. The van der Waals surface area contributed by atoms with Crippen molar-refractivity contribution in [2.75, 3.05) is 33.5 Å². The van der Waals surface area contributed by atoms with Gasteiger partial charge in [-0.3, -0.25) is 19.3 Å². The van der Waals surface area contributed by atoms with Gasteiger partial charge in [-0.25, -0.2) is 0 Å². The number of nitrogens with one attached hydrogen (secondary N) is 1. The Kier molecular flexibility index (Phi) is 11.5. The van der Waals surface area contributed by atoms with Gasteiger partial charge < -0.3 is 24.7 Å². The summed E-state index contributed by atoms with van der Waals surface area (Å²) < 4.78 is 11.3. The fraction of sp³-hybridized carbons (Fsp3) is 0.583. The van der Waals surface area contributed by atoms with Crippen molar-refractivity contribution < 1.29 is 33.8 Å². The van der Waals surface area contributed by atoms with E-state index in [1.165, 1.54) is 19.2 Å². The molecule has 1 heterocycles. The number of unbranched alkanes of at least 4 members (excludes halogenated alkanes) is 4. The van der Waals surface area contributed by atoms with Gasteiger partial charge >= 0.3 is 0 Å². The third kappa shape index (κ3) is 7.94. The molecule has 0 bridgehead atoms. The Bertz CT molecular complexity index is 812. The largest absolute Gasteiger partial charge is 0.494 e. The molecule has 9 heteroatoms. The number of hydrogen-bond acceptors (Lipinski definition) is 7. The topological polar surface area (TPSA) is 122 Å². The molecule has 0 aromatic heterocycles. The second-order valence-electron chi connectivity index (χ2n) is 7.91. The number of ether oxygens (including phenoxy) is 2. The summed E-state index contributed by atoms with van der Waals surface area (Å²) in [5.74, 6) is -0.860. The molecule has 1 aliphatic rings. The highest BCUT2D eigenvalue weighted by Crippen LogP contribution is 2.29. The first-order valence-corrected chi connectivity index (χ1v) is 11.5. The van der Waals surface area contributed by atoms with Crippen molar-refractivity contribution in [3.05, 3.63) is 29.3 Å². The second kappa shape index (κ2) is 14.4. The van der Waals surface area contributed by atoms with Crippen LogP contribution in [0.1, 0.15) is 72.1 Å². The van der Waals surface area contributed by atoms with E-state index in [1.54, 1.807) is 6.07 Å². The molecule has 0 fully saturated rings. The molecule has 0 saturated heterocycles. The Labute approximate surface area is 194 Å². The maximum atomic E-state index is 12.8. The number of aliphatic hydroxyl groups excluding tert-OH is 1. The zero-order valence-corrected chi connectivity index (χ0v) is 19.2. The number of imide groups is 1. The molecule has 182 valence electrons. The van der Waals surface area contributed by atoms with E-state index in [4.69, 9.17) is 14.6 Å². The number of rotatable bonds is 17. The van der Waals surface area contributed by atoms with Crippen LogP contribution in [0, 0.1) is 0 Å². The van der Waals surface area contributed by atoms with Crippen LogP contribution in [0.3, 0.4) is 0 Å². The predicted octanol–water partition coefficient (Wildman–Crippen LogP) is 2.10. The van der Waals surface area contributed by atoms with Crippen molar-refractivity contribution in [1.29, 1.82) is 0 Å². The van der Waals surface area contributed by atoms with Crippen LogP contribution in [-0.2, 0) is 14.3 Å². The maximum Gasteiger partial charge on any atom is 0.262 e. The van der Waals surface area contributed by atoms with E-state index in [0.717, 1.165) is 43.4 Å². The van der Waals surface area contributed by atoms with Gasteiger partial charge in [0.05, 0.1) is 23.8 Å². The highest BCUT2D eigenvalue weighted by atomic mass is 16.5. The summed E-state index contributed by atoms with van der Waals surface area (Å²) in [5.41, 5.74) is 0.439. The van der Waals surface area contributed by atoms with E-state index >= 15 is 0 Å². The molecule has 2 rings (SSSR count). The van der Waals surface area contributed by atoms with Gasteiger partial charge in [0.2, 0.25) is 5.91 Å². The van der Waals surface area contributed by atoms with Gasteiger partial charge in [-0.1, -0.05) is 0 Å². The van der Waals surface area contributed by atoms with Crippen LogP contribution in [0.4, 0.5) is 0 Å². The summed E-state index contributed by atoms with van der Waals surface area (Å²) in [6.45, 7) is 2.12. The molecule has 1 aliphatic heterocycles. The van der Waals surface area contributed by atoms with E-state index in [9.17, 15) is 19.2 Å². The summed E-state index contributed by atoms with van der Waals surface area (Å²) in [6, 6.07) is 3.72. The number of carbonyl (C=O) groups excluding carboxylic acids is 4. The Balaban J connectivity index is 1.77. The van der Waals surface area contributed by atoms with Crippen molar-refractivity contribution in [3.63, 3.8) is 0 Å². The fourth-order valence-electron chi connectivity index (χ4n) is 3.56. The monoisotopic (exact) mass is 462 g/mol. The summed E-state index contributed by atoms with van der Waals surface area (Å²) in [7, 11) is 1.48. The maximum absolute atomic E-state index is 12.8. The minimum absolute atomic E-state index is 0.0381. The normalized spacial score (nSPS) is 13.7. The lowest BCUT2D eigenvalue weighted by molar-refractivity contribution is -0.121. The van der Waals surface area contributed by atoms with Crippen molar-refractivity contribution in [3.8, 4) is 5.75 Å². The predicted molar refractivity (Wildman–Crippen MR) is 121 cm³/mol. The number of carbonyl (C=O) groups is 4. The first-order valence-electron chi connectivity index (χ1n) is 11.5. The fourth-order valence-corrected chi connectivity index (χ4v) is 3.56. The minimum atomic E-state index is -0.990. The second-order valence-corrected chi connectivity index (χ2v) is 7.91. The summed E-state index contributed by atoms with van der Waals surface area (Å²) in [5, 5.41) is 11.2. The highest BCUT2D eigenvalue weighted by molar-refractivity contribution is 6.22. The third-order valence-electron chi connectivity index (χ3n) is 5.47. The van der Waals surface area contributed by atoms with E-state index < -0.39 is 17.9 Å². The molecule has 1 unspecified atom stereocenters. The van der Waals surface area contributed by atoms with Crippen LogP contribution >= 0.6 is 0 Å². The van der Waals surface area contributed by atoms with Crippen LogP contribution in [0.2, 0.25) is 0 Å². The lowest BCUT2D eigenvalue weighted by Gasteiger charge is -2.20. The molecule has 0 radical (unpaired) electrons. The number of aliphatic hydroxyl groups is 1. The molecule has 9 nitrogen and oxygen atoms in total. The van der Waals surface area contributed by atoms with Gasteiger partial charge in [-0.2, -0.15) is 0 Å². The molecule has 0 aliphatic carbocycles. The number of benzene rings is 1. The number of aldehydes is 1. The van der Waals surface area contributed by atoms with Crippen LogP contribution < -0.4 is 10.1 Å². The molecule has 1 atom stereocenters. The number of fused-ring (bicyclic) bond motifs is 1. The molecule has 0 spiro atoms. The summed E-state index contributed by atoms with van der Waals surface area (Å²) in [4.78, 5) is 49.4. The van der Waals surface area contributed by atoms with Gasteiger partial charge in [0.25, 0.3) is 11.8 Å². The Hall–Kier alpha value is -2.78. The quantitative estimate of drug-likeness (QED) is 0.206. The van der Waals surface area contributed by atoms with Gasteiger partial charge in [-0.15, -0.1) is 0 Å². The van der Waals surface area contributed by atoms with Gasteiger partial charge in [-0.05, 0) is 63.1 Å². The van der Waals surface area contributed by atoms with Crippen molar-refractivity contribution in [2.45, 2.75) is 57.4 Å².